The number of carbonyl (C=O) groups is 1. The van der Waals surface area contributed by atoms with Crippen molar-refractivity contribution >= 4 is 21.6 Å². The number of benzene rings is 2. The highest BCUT2D eigenvalue weighted by Gasteiger charge is 2.44. The topological polar surface area (TPSA) is 79.0 Å². The Morgan fingerprint density at radius 2 is 1.73 bits per heavy atom. The van der Waals surface area contributed by atoms with Gasteiger partial charge in [0.2, 0.25) is 10.0 Å². The minimum Gasteiger partial charge on any atom is -0.378 e. The Balaban J connectivity index is 1.63. The normalized spacial score (nSPS) is 17.7. The number of hydrogen-bond acceptors (Lipinski definition) is 5. The molecule has 4 rings (SSSR count). The zero-order valence-corrected chi connectivity index (χ0v) is 20.2. The molecule has 1 saturated heterocycles. The van der Waals surface area contributed by atoms with Crippen molar-refractivity contribution in [2.45, 2.75) is 37.0 Å². The average Bonchev–Trinajstić information content (AvgIpc) is 3.65. The van der Waals surface area contributed by atoms with Crippen molar-refractivity contribution in [2.75, 3.05) is 50.8 Å². The zero-order valence-electron chi connectivity index (χ0n) is 19.4. The second kappa shape index (κ2) is 9.83. The van der Waals surface area contributed by atoms with Crippen molar-refractivity contribution in [1.29, 1.82) is 0 Å². The van der Waals surface area contributed by atoms with Crippen molar-refractivity contribution in [2.24, 2.45) is 0 Å². The summed E-state index contributed by atoms with van der Waals surface area (Å²) < 4.78 is 33.1. The Kier molecular flexibility index (Phi) is 7.07. The first-order valence-corrected chi connectivity index (χ1v) is 13.2. The number of sulfonamides is 1. The molecule has 1 amide bonds. The summed E-state index contributed by atoms with van der Waals surface area (Å²) in [6.07, 6.45) is 2.06. The molecule has 1 saturated carbocycles. The van der Waals surface area contributed by atoms with Gasteiger partial charge in [-0.05, 0) is 36.6 Å². The summed E-state index contributed by atoms with van der Waals surface area (Å²) in [4.78, 5) is 15.7. The maximum absolute atomic E-state index is 13.4. The third-order valence-corrected chi connectivity index (χ3v) is 8.78. The quantitative estimate of drug-likeness (QED) is 0.608. The average molecular weight is 472 g/mol. The van der Waals surface area contributed by atoms with Crippen molar-refractivity contribution in [1.82, 2.24) is 9.62 Å². The van der Waals surface area contributed by atoms with Crippen LogP contribution in [-0.2, 0) is 20.2 Å². The number of nitrogens with zero attached hydrogens (tertiary/aromatic N) is 2. The maximum atomic E-state index is 13.4. The van der Waals surface area contributed by atoms with Crippen LogP contribution in [0.5, 0.6) is 0 Å². The van der Waals surface area contributed by atoms with Crippen molar-refractivity contribution in [3.63, 3.8) is 0 Å². The van der Waals surface area contributed by atoms with E-state index in [0.29, 0.717) is 51.5 Å². The van der Waals surface area contributed by atoms with Crippen LogP contribution in [0.4, 0.5) is 5.69 Å². The van der Waals surface area contributed by atoms with E-state index in [1.54, 1.807) is 12.1 Å². The Morgan fingerprint density at radius 1 is 1.06 bits per heavy atom. The highest BCUT2D eigenvalue weighted by atomic mass is 32.2. The summed E-state index contributed by atoms with van der Waals surface area (Å²) in [5.41, 5.74) is 2.35. The van der Waals surface area contributed by atoms with Crippen molar-refractivity contribution < 1.29 is 17.9 Å². The van der Waals surface area contributed by atoms with Crippen molar-refractivity contribution in [3.8, 4) is 0 Å². The maximum Gasteiger partial charge on any atom is 0.253 e. The lowest BCUT2D eigenvalue weighted by molar-refractivity contribution is 0.0948. The van der Waals surface area contributed by atoms with Gasteiger partial charge < -0.3 is 15.0 Å². The fourth-order valence-electron chi connectivity index (χ4n) is 4.50. The van der Waals surface area contributed by atoms with E-state index in [1.165, 1.54) is 15.9 Å². The fraction of sp³-hybridized carbons (Fsp3) is 0.480. The molecule has 1 N–H and O–H groups in total. The highest BCUT2D eigenvalue weighted by molar-refractivity contribution is 7.89. The van der Waals surface area contributed by atoms with E-state index < -0.39 is 10.0 Å². The molecule has 178 valence electrons. The van der Waals surface area contributed by atoms with Crippen LogP contribution >= 0.6 is 0 Å². The Labute approximate surface area is 196 Å². The summed E-state index contributed by atoms with van der Waals surface area (Å²) in [5.74, 6) is -0.240. The summed E-state index contributed by atoms with van der Waals surface area (Å²) in [6, 6.07) is 15.2. The molecule has 1 aliphatic heterocycles. The van der Waals surface area contributed by atoms with Gasteiger partial charge >= 0.3 is 0 Å². The molecule has 1 heterocycles. The largest absolute Gasteiger partial charge is 0.378 e. The molecule has 0 radical (unpaired) electrons. The monoisotopic (exact) mass is 471 g/mol. The second-order valence-corrected chi connectivity index (χ2v) is 10.6. The molecule has 8 heteroatoms. The molecule has 7 nitrogen and oxygen atoms in total. The van der Waals surface area contributed by atoms with E-state index >= 15 is 0 Å². The van der Waals surface area contributed by atoms with Crippen molar-refractivity contribution in [3.05, 3.63) is 59.7 Å². The molecular weight excluding hydrogens is 438 g/mol. The molecule has 2 aromatic carbocycles. The van der Waals surface area contributed by atoms with Crippen LogP contribution in [0.1, 0.15) is 42.6 Å². The highest BCUT2D eigenvalue weighted by Crippen LogP contribution is 2.47. The lowest BCUT2D eigenvalue weighted by Gasteiger charge is -2.31. The molecule has 0 spiro atoms. The molecule has 0 aromatic heterocycles. The number of anilines is 1. The predicted molar refractivity (Wildman–Crippen MR) is 129 cm³/mol. The molecule has 2 aliphatic rings. The van der Waals surface area contributed by atoms with Crippen LogP contribution in [-0.4, -0.2) is 64.6 Å². The first-order valence-electron chi connectivity index (χ1n) is 11.7. The van der Waals surface area contributed by atoms with E-state index in [1.807, 2.05) is 32.0 Å². The van der Waals surface area contributed by atoms with Gasteiger partial charge in [-0.25, -0.2) is 8.42 Å². The predicted octanol–water partition coefficient (Wildman–Crippen LogP) is 3.02. The van der Waals surface area contributed by atoms with E-state index in [2.05, 4.69) is 22.3 Å². The molecule has 0 unspecified atom stereocenters. The molecule has 0 atom stereocenters. The van der Waals surface area contributed by atoms with Crippen LogP contribution in [0, 0.1) is 0 Å². The smallest absolute Gasteiger partial charge is 0.253 e. The van der Waals surface area contributed by atoms with Gasteiger partial charge in [0.1, 0.15) is 0 Å². The second-order valence-electron chi connectivity index (χ2n) is 8.70. The van der Waals surface area contributed by atoms with E-state index in [9.17, 15) is 13.2 Å². The summed E-state index contributed by atoms with van der Waals surface area (Å²) >= 11 is 0. The number of morpholine rings is 1. The van der Waals surface area contributed by atoms with E-state index in [-0.39, 0.29) is 16.2 Å². The summed E-state index contributed by atoms with van der Waals surface area (Å²) in [7, 11) is -3.67. The number of ether oxygens (including phenoxy) is 1. The number of rotatable bonds is 9. The SMILES string of the molecule is CCN(CC)S(=O)(=O)c1ccc(N2CCOCC2)c(C(=O)NCC2(c3ccccc3)CC2)c1. The molecule has 0 bridgehead atoms. The number of amides is 1. The number of nitrogens with one attached hydrogen (secondary N) is 1. The van der Waals surface area contributed by atoms with Gasteiger partial charge in [0.15, 0.2) is 0 Å². The molecule has 2 fully saturated rings. The number of carbonyl (C=O) groups excluding carboxylic acids is 1. The van der Waals surface area contributed by atoms with Crippen LogP contribution in [0.2, 0.25) is 0 Å². The van der Waals surface area contributed by atoms with Gasteiger partial charge in [-0.1, -0.05) is 44.2 Å². The van der Waals surface area contributed by atoms with Gasteiger partial charge in [-0.15, -0.1) is 0 Å². The van der Waals surface area contributed by atoms with Crippen LogP contribution in [0.25, 0.3) is 0 Å². The Hall–Kier alpha value is -2.42. The Morgan fingerprint density at radius 3 is 2.33 bits per heavy atom. The summed E-state index contributed by atoms with van der Waals surface area (Å²) in [6.45, 7) is 7.41. The lowest BCUT2D eigenvalue weighted by atomic mass is 9.96. The standard InChI is InChI=1S/C25H33N3O4S/c1-3-28(4-2)33(30,31)21-10-11-23(27-14-16-32-17-15-27)22(18-21)24(29)26-19-25(12-13-25)20-8-6-5-7-9-20/h5-11,18H,3-4,12-17,19H2,1-2H3,(H,26,29). The van der Waals surface area contributed by atoms with Gasteiger partial charge in [0, 0.05) is 43.8 Å². The van der Waals surface area contributed by atoms with Crippen LogP contribution < -0.4 is 10.2 Å². The first-order chi connectivity index (χ1) is 15.9. The van der Waals surface area contributed by atoms with Gasteiger partial charge in [-0.3, -0.25) is 4.79 Å². The molecule has 1 aliphatic carbocycles. The summed E-state index contributed by atoms with van der Waals surface area (Å²) in [5, 5.41) is 3.11. The van der Waals surface area contributed by atoms with Crippen LogP contribution in [0.3, 0.4) is 0 Å². The Bertz CT molecular complexity index is 1070. The van der Waals surface area contributed by atoms with E-state index in [0.717, 1.165) is 18.5 Å². The molecule has 2 aromatic rings. The first kappa shape index (κ1) is 23.7. The third-order valence-electron chi connectivity index (χ3n) is 6.73. The van der Waals surface area contributed by atoms with Gasteiger partial charge in [0.05, 0.1) is 23.7 Å². The molecule has 33 heavy (non-hydrogen) atoms. The lowest BCUT2D eigenvalue weighted by Crippen LogP contribution is -2.39. The minimum atomic E-state index is -3.67. The van der Waals surface area contributed by atoms with Gasteiger partial charge in [-0.2, -0.15) is 4.31 Å². The van der Waals surface area contributed by atoms with Gasteiger partial charge in [0.25, 0.3) is 5.91 Å². The third kappa shape index (κ3) is 4.93. The molecular formula is C25H33N3O4S. The van der Waals surface area contributed by atoms with Crippen LogP contribution in [0.15, 0.2) is 53.4 Å². The number of hydrogen-bond donors (Lipinski definition) is 1. The minimum absolute atomic E-state index is 0.0268. The fourth-order valence-corrected chi connectivity index (χ4v) is 5.99. The van der Waals surface area contributed by atoms with E-state index in [4.69, 9.17) is 4.74 Å². The zero-order chi connectivity index (χ0) is 23.5.